The number of benzene rings is 1. The molecule has 1 N–H and O–H groups in total. The van der Waals surface area contributed by atoms with Crippen molar-refractivity contribution >= 4 is 5.91 Å². The van der Waals surface area contributed by atoms with Crippen molar-refractivity contribution in [2.24, 2.45) is 5.92 Å². The molecule has 3 heteroatoms. The minimum Gasteiger partial charge on any atom is -0.366 e. The van der Waals surface area contributed by atoms with E-state index in [1.54, 1.807) is 0 Å². The highest BCUT2D eigenvalue weighted by Crippen LogP contribution is 2.27. The van der Waals surface area contributed by atoms with Gasteiger partial charge in [0.05, 0.1) is 5.56 Å². The number of nitrogens with zero attached hydrogens (tertiary/aromatic N) is 1. The van der Waals surface area contributed by atoms with Crippen molar-refractivity contribution in [1.82, 2.24) is 9.88 Å². The third-order valence-corrected chi connectivity index (χ3v) is 3.88. The number of likely N-dealkylation sites (tertiary alicyclic amines) is 1. The van der Waals surface area contributed by atoms with Gasteiger partial charge in [0.15, 0.2) is 0 Å². The molecule has 0 unspecified atom stereocenters. The highest BCUT2D eigenvalue weighted by molar-refractivity contribution is 6.01. The number of hydrogen-bond acceptors (Lipinski definition) is 1. The smallest absolute Gasteiger partial charge is 0.256 e. The second-order valence-electron chi connectivity index (χ2n) is 5.13. The number of H-pyrrole nitrogens is 1. The summed E-state index contributed by atoms with van der Waals surface area (Å²) in [5.41, 5.74) is 2.85. The Morgan fingerprint density at radius 2 is 2.00 bits per heavy atom. The molecule has 3 nitrogen and oxygen atoms in total. The van der Waals surface area contributed by atoms with Crippen LogP contribution in [0.1, 0.15) is 23.7 Å². The van der Waals surface area contributed by atoms with Gasteiger partial charge in [-0.15, -0.1) is 0 Å². The number of hydrogen-bond donors (Lipinski definition) is 1. The van der Waals surface area contributed by atoms with Crippen molar-refractivity contribution in [3.05, 3.63) is 48.3 Å². The molecule has 3 rings (SSSR count). The van der Waals surface area contributed by atoms with Gasteiger partial charge in [0.1, 0.15) is 0 Å². The highest BCUT2D eigenvalue weighted by atomic mass is 16.2. The second-order valence-corrected chi connectivity index (χ2v) is 5.13. The van der Waals surface area contributed by atoms with Gasteiger partial charge in [-0.3, -0.25) is 4.79 Å². The lowest BCUT2D eigenvalue weighted by Crippen LogP contribution is -2.49. The molecule has 1 aliphatic rings. The topological polar surface area (TPSA) is 36.1 Å². The zero-order valence-corrected chi connectivity index (χ0v) is 11.1. The number of aromatic nitrogens is 1. The summed E-state index contributed by atoms with van der Waals surface area (Å²) in [5, 5.41) is 0. The van der Waals surface area contributed by atoms with Crippen molar-refractivity contribution in [3.63, 3.8) is 0 Å². The Bertz CT molecular complexity index is 567. The second kappa shape index (κ2) is 4.92. The van der Waals surface area contributed by atoms with Crippen molar-refractivity contribution < 1.29 is 4.79 Å². The molecule has 0 saturated carbocycles. The van der Waals surface area contributed by atoms with Gasteiger partial charge in [0.25, 0.3) is 5.91 Å². The predicted molar refractivity (Wildman–Crippen MR) is 75.9 cm³/mol. The van der Waals surface area contributed by atoms with Crippen LogP contribution >= 0.6 is 0 Å². The fourth-order valence-electron chi connectivity index (χ4n) is 2.56. The molecule has 2 aromatic rings. The van der Waals surface area contributed by atoms with E-state index >= 15 is 0 Å². The number of aromatic amines is 1. The molecule has 0 radical (unpaired) electrons. The molecule has 2 heterocycles. The molecule has 1 aromatic carbocycles. The highest BCUT2D eigenvalue weighted by Gasteiger charge is 2.31. The Morgan fingerprint density at radius 1 is 1.26 bits per heavy atom. The zero-order valence-electron chi connectivity index (χ0n) is 11.1. The van der Waals surface area contributed by atoms with Crippen molar-refractivity contribution in [3.8, 4) is 11.1 Å². The van der Waals surface area contributed by atoms with Crippen LogP contribution in [0.15, 0.2) is 42.7 Å². The molecular weight excluding hydrogens is 236 g/mol. The first kappa shape index (κ1) is 12.0. The van der Waals surface area contributed by atoms with E-state index in [0.717, 1.165) is 36.2 Å². The van der Waals surface area contributed by atoms with Gasteiger partial charge in [-0.25, -0.2) is 0 Å². The molecule has 0 bridgehead atoms. The summed E-state index contributed by atoms with van der Waals surface area (Å²) in [6.07, 6.45) is 4.87. The monoisotopic (exact) mass is 254 g/mol. The van der Waals surface area contributed by atoms with Crippen molar-refractivity contribution in [1.29, 1.82) is 0 Å². The van der Waals surface area contributed by atoms with E-state index in [1.807, 2.05) is 47.6 Å². The van der Waals surface area contributed by atoms with E-state index in [9.17, 15) is 4.79 Å². The molecule has 1 saturated heterocycles. The van der Waals surface area contributed by atoms with Crippen LogP contribution in [0.3, 0.4) is 0 Å². The molecule has 1 aliphatic heterocycles. The van der Waals surface area contributed by atoms with E-state index in [-0.39, 0.29) is 5.91 Å². The van der Waals surface area contributed by atoms with Gasteiger partial charge < -0.3 is 9.88 Å². The number of nitrogens with one attached hydrogen (secondary N) is 1. The normalized spacial score (nSPS) is 15.3. The van der Waals surface area contributed by atoms with Crippen molar-refractivity contribution in [2.45, 2.75) is 13.3 Å². The SMILES string of the molecule is CCC1CN(C(=O)c2c[nH]cc2-c2ccccc2)C1. The van der Waals surface area contributed by atoms with Gasteiger partial charge in [-0.1, -0.05) is 37.3 Å². The van der Waals surface area contributed by atoms with E-state index in [4.69, 9.17) is 0 Å². The number of amides is 1. The molecule has 0 spiro atoms. The summed E-state index contributed by atoms with van der Waals surface area (Å²) >= 11 is 0. The van der Waals surface area contributed by atoms with E-state index < -0.39 is 0 Å². The predicted octanol–water partition coefficient (Wildman–Crippen LogP) is 3.16. The maximum absolute atomic E-state index is 12.4. The Labute approximate surface area is 113 Å². The van der Waals surface area contributed by atoms with Gasteiger partial charge in [-0.2, -0.15) is 0 Å². The minimum atomic E-state index is 0.143. The van der Waals surface area contributed by atoms with E-state index in [2.05, 4.69) is 11.9 Å². The zero-order chi connectivity index (χ0) is 13.2. The molecule has 1 fully saturated rings. The van der Waals surface area contributed by atoms with Crippen LogP contribution in [0, 0.1) is 5.92 Å². The molecule has 0 aliphatic carbocycles. The van der Waals surface area contributed by atoms with E-state index in [1.165, 1.54) is 0 Å². The quantitative estimate of drug-likeness (QED) is 0.897. The van der Waals surface area contributed by atoms with Gasteiger partial charge in [0, 0.05) is 31.0 Å². The van der Waals surface area contributed by atoms with Crippen LogP contribution < -0.4 is 0 Å². The fraction of sp³-hybridized carbons (Fsp3) is 0.312. The maximum Gasteiger partial charge on any atom is 0.256 e. The van der Waals surface area contributed by atoms with Crippen LogP contribution in [0.4, 0.5) is 0 Å². The van der Waals surface area contributed by atoms with E-state index in [0.29, 0.717) is 5.92 Å². The Hall–Kier alpha value is -2.03. The molecule has 0 atom stereocenters. The molecular formula is C16H18N2O. The Balaban J connectivity index is 1.83. The van der Waals surface area contributed by atoms with Crippen LogP contribution in [-0.2, 0) is 0 Å². The summed E-state index contributed by atoms with van der Waals surface area (Å²) in [6.45, 7) is 3.97. The number of rotatable bonds is 3. The Kier molecular flexibility index (Phi) is 3.11. The number of carbonyl (C=O) groups is 1. The first-order chi connectivity index (χ1) is 9.29. The summed E-state index contributed by atoms with van der Waals surface area (Å²) in [5.74, 6) is 0.827. The van der Waals surface area contributed by atoms with Gasteiger partial charge in [-0.05, 0) is 17.9 Å². The standard InChI is InChI=1S/C16H18N2O/c1-2-12-10-18(11-12)16(19)15-9-17-8-14(15)13-6-4-3-5-7-13/h3-9,12,17H,2,10-11H2,1H3. The average molecular weight is 254 g/mol. The summed E-state index contributed by atoms with van der Waals surface area (Å²) < 4.78 is 0. The Morgan fingerprint density at radius 3 is 2.68 bits per heavy atom. The van der Waals surface area contributed by atoms with Gasteiger partial charge in [0.2, 0.25) is 0 Å². The first-order valence-corrected chi connectivity index (χ1v) is 6.81. The summed E-state index contributed by atoms with van der Waals surface area (Å²) in [4.78, 5) is 17.4. The largest absolute Gasteiger partial charge is 0.366 e. The van der Waals surface area contributed by atoms with Crippen LogP contribution in [0.5, 0.6) is 0 Å². The molecule has 98 valence electrons. The lowest BCUT2D eigenvalue weighted by molar-refractivity contribution is 0.0495. The molecule has 1 aromatic heterocycles. The van der Waals surface area contributed by atoms with Crippen LogP contribution in [0.25, 0.3) is 11.1 Å². The van der Waals surface area contributed by atoms with Gasteiger partial charge >= 0.3 is 0 Å². The van der Waals surface area contributed by atoms with Crippen LogP contribution in [-0.4, -0.2) is 28.9 Å². The third kappa shape index (κ3) is 2.16. The minimum absolute atomic E-state index is 0.143. The first-order valence-electron chi connectivity index (χ1n) is 6.81. The number of carbonyl (C=O) groups excluding carboxylic acids is 1. The lowest BCUT2D eigenvalue weighted by atomic mass is 9.95. The summed E-state index contributed by atoms with van der Waals surface area (Å²) in [7, 11) is 0. The molecule has 1 amide bonds. The summed E-state index contributed by atoms with van der Waals surface area (Å²) in [6, 6.07) is 10.0. The maximum atomic E-state index is 12.4. The lowest BCUT2D eigenvalue weighted by Gasteiger charge is -2.38. The van der Waals surface area contributed by atoms with Crippen LogP contribution in [0.2, 0.25) is 0 Å². The average Bonchev–Trinajstić information content (AvgIpc) is 2.87. The fourth-order valence-corrected chi connectivity index (χ4v) is 2.56. The van der Waals surface area contributed by atoms with Crippen molar-refractivity contribution in [2.75, 3.05) is 13.1 Å². The third-order valence-electron chi connectivity index (χ3n) is 3.88. The molecule has 19 heavy (non-hydrogen) atoms.